The second-order valence-electron chi connectivity index (χ2n) is 8.78. The van der Waals surface area contributed by atoms with Crippen LogP contribution < -0.4 is 10.6 Å². The minimum atomic E-state index is 0.0242. The molecule has 1 saturated carbocycles. The van der Waals surface area contributed by atoms with Gasteiger partial charge in [0.1, 0.15) is 0 Å². The Bertz CT molecular complexity index is 713. The van der Waals surface area contributed by atoms with Crippen molar-refractivity contribution in [2.75, 3.05) is 44.6 Å². The lowest BCUT2D eigenvalue weighted by Crippen LogP contribution is -2.52. The monoisotopic (exact) mass is 400 g/mol. The van der Waals surface area contributed by atoms with E-state index in [1.165, 1.54) is 24.8 Å². The minimum Gasteiger partial charge on any atom is -0.352 e. The summed E-state index contributed by atoms with van der Waals surface area (Å²) in [7, 11) is 0. The molecule has 2 atom stereocenters. The Morgan fingerprint density at radius 1 is 0.966 bits per heavy atom. The first-order chi connectivity index (χ1) is 13.9. The number of rotatable bonds is 6. The maximum Gasteiger partial charge on any atom is 0.238 e. The highest BCUT2D eigenvalue weighted by molar-refractivity contribution is 5.93. The van der Waals surface area contributed by atoms with E-state index in [0.717, 1.165) is 43.9 Å². The SMILES string of the molecule is Cc1cccc(NC(=O)CN2CCN(CC(=O)N[C@H]3CCCC[C@@H]3C)CC2)c1C. The van der Waals surface area contributed by atoms with E-state index in [1.54, 1.807) is 0 Å². The molecular weight excluding hydrogens is 364 g/mol. The number of anilines is 1. The highest BCUT2D eigenvalue weighted by atomic mass is 16.2. The Kier molecular flexibility index (Phi) is 7.67. The van der Waals surface area contributed by atoms with Gasteiger partial charge in [-0.25, -0.2) is 0 Å². The zero-order chi connectivity index (χ0) is 20.8. The molecular formula is C23H36N4O2. The molecule has 29 heavy (non-hydrogen) atoms. The number of benzene rings is 1. The Morgan fingerprint density at radius 2 is 1.59 bits per heavy atom. The van der Waals surface area contributed by atoms with Gasteiger partial charge in [0.05, 0.1) is 13.1 Å². The lowest BCUT2D eigenvalue weighted by Gasteiger charge is -2.35. The van der Waals surface area contributed by atoms with Crippen molar-refractivity contribution < 1.29 is 9.59 Å². The molecule has 160 valence electrons. The highest BCUT2D eigenvalue weighted by Crippen LogP contribution is 2.23. The van der Waals surface area contributed by atoms with E-state index in [-0.39, 0.29) is 11.8 Å². The lowest BCUT2D eigenvalue weighted by atomic mass is 9.86. The summed E-state index contributed by atoms with van der Waals surface area (Å²) in [6.45, 7) is 10.5. The van der Waals surface area contributed by atoms with Crippen LogP contribution in [-0.4, -0.2) is 66.9 Å². The first kappa shape index (κ1) is 21.8. The summed E-state index contributed by atoms with van der Waals surface area (Å²) in [5, 5.41) is 6.27. The maximum atomic E-state index is 12.4. The summed E-state index contributed by atoms with van der Waals surface area (Å²) < 4.78 is 0. The molecule has 6 nitrogen and oxygen atoms in total. The van der Waals surface area contributed by atoms with E-state index >= 15 is 0 Å². The van der Waals surface area contributed by atoms with Gasteiger partial charge in [-0.05, 0) is 49.8 Å². The van der Waals surface area contributed by atoms with Crippen molar-refractivity contribution in [2.24, 2.45) is 5.92 Å². The topological polar surface area (TPSA) is 64.7 Å². The average molecular weight is 401 g/mol. The molecule has 6 heteroatoms. The standard InChI is InChI=1S/C23H36N4O2/c1-17-8-6-10-21(19(17)3)25-23(29)16-27-13-11-26(12-14-27)15-22(28)24-20-9-5-4-7-18(20)2/h6,8,10,18,20H,4-5,7,9,11-16H2,1-3H3,(H,24,28)(H,25,29)/t18-,20-/m0/s1. The van der Waals surface area contributed by atoms with Gasteiger partial charge in [0.15, 0.2) is 0 Å². The first-order valence-corrected chi connectivity index (χ1v) is 11.0. The number of nitrogens with one attached hydrogen (secondary N) is 2. The molecule has 1 aromatic carbocycles. The highest BCUT2D eigenvalue weighted by Gasteiger charge is 2.25. The van der Waals surface area contributed by atoms with Crippen molar-refractivity contribution in [3.05, 3.63) is 29.3 Å². The summed E-state index contributed by atoms with van der Waals surface area (Å²) in [6.07, 6.45) is 4.83. The molecule has 0 unspecified atom stereocenters. The fourth-order valence-corrected chi connectivity index (χ4v) is 4.37. The van der Waals surface area contributed by atoms with Crippen LogP contribution in [0.2, 0.25) is 0 Å². The number of carbonyl (C=O) groups is 2. The molecule has 1 saturated heterocycles. The van der Waals surface area contributed by atoms with Crippen molar-refractivity contribution in [1.82, 2.24) is 15.1 Å². The number of aryl methyl sites for hydroxylation is 1. The van der Waals surface area contributed by atoms with E-state index in [1.807, 2.05) is 19.1 Å². The number of hydrogen-bond acceptors (Lipinski definition) is 4. The second-order valence-corrected chi connectivity index (χ2v) is 8.78. The Balaban J connectivity index is 1.38. The van der Waals surface area contributed by atoms with E-state index in [0.29, 0.717) is 25.0 Å². The molecule has 2 amide bonds. The molecule has 1 aromatic rings. The fraction of sp³-hybridized carbons (Fsp3) is 0.652. The van der Waals surface area contributed by atoms with E-state index in [4.69, 9.17) is 0 Å². The van der Waals surface area contributed by atoms with Gasteiger partial charge in [-0.3, -0.25) is 19.4 Å². The second kappa shape index (κ2) is 10.2. The number of nitrogens with zero attached hydrogens (tertiary/aromatic N) is 2. The van der Waals surface area contributed by atoms with E-state index in [9.17, 15) is 9.59 Å². The summed E-state index contributed by atoms with van der Waals surface area (Å²) in [4.78, 5) is 29.2. The Hall–Kier alpha value is -1.92. The first-order valence-electron chi connectivity index (χ1n) is 11.0. The maximum absolute atomic E-state index is 12.4. The van der Waals surface area contributed by atoms with Crippen LogP contribution >= 0.6 is 0 Å². The van der Waals surface area contributed by atoms with Crippen LogP contribution in [0, 0.1) is 19.8 Å². The predicted octanol–water partition coefficient (Wildman–Crippen LogP) is 2.55. The van der Waals surface area contributed by atoms with Crippen LogP contribution in [0.1, 0.15) is 43.7 Å². The zero-order valence-electron chi connectivity index (χ0n) is 18.2. The van der Waals surface area contributed by atoms with Gasteiger partial charge in [0.2, 0.25) is 11.8 Å². The van der Waals surface area contributed by atoms with Crippen LogP contribution in [0.3, 0.4) is 0 Å². The van der Waals surface area contributed by atoms with Gasteiger partial charge in [-0.1, -0.05) is 31.9 Å². The smallest absolute Gasteiger partial charge is 0.238 e. The molecule has 2 N–H and O–H groups in total. The third-order valence-corrected chi connectivity index (χ3v) is 6.54. The third kappa shape index (κ3) is 6.28. The molecule has 1 aliphatic carbocycles. The Morgan fingerprint density at radius 3 is 2.24 bits per heavy atom. The quantitative estimate of drug-likeness (QED) is 0.770. The summed E-state index contributed by atoms with van der Waals surface area (Å²) in [6, 6.07) is 6.31. The normalized spacial score (nSPS) is 23.6. The average Bonchev–Trinajstić information content (AvgIpc) is 2.69. The molecule has 1 aliphatic heterocycles. The van der Waals surface area contributed by atoms with E-state index in [2.05, 4.69) is 40.3 Å². The van der Waals surface area contributed by atoms with Gasteiger partial charge in [0.25, 0.3) is 0 Å². The van der Waals surface area contributed by atoms with Gasteiger partial charge in [0, 0.05) is 37.9 Å². The largest absolute Gasteiger partial charge is 0.352 e. The van der Waals surface area contributed by atoms with E-state index < -0.39 is 0 Å². The van der Waals surface area contributed by atoms with Crippen molar-refractivity contribution in [3.8, 4) is 0 Å². The third-order valence-electron chi connectivity index (χ3n) is 6.54. The molecule has 0 spiro atoms. The minimum absolute atomic E-state index is 0.0242. The summed E-state index contributed by atoms with van der Waals surface area (Å²) in [5.74, 6) is 0.751. The molecule has 1 heterocycles. The number of hydrogen-bond donors (Lipinski definition) is 2. The predicted molar refractivity (Wildman–Crippen MR) is 117 cm³/mol. The number of piperazine rings is 1. The number of amides is 2. The van der Waals surface area contributed by atoms with Gasteiger partial charge in [-0.2, -0.15) is 0 Å². The van der Waals surface area contributed by atoms with Crippen molar-refractivity contribution >= 4 is 17.5 Å². The van der Waals surface area contributed by atoms with Gasteiger partial charge < -0.3 is 10.6 Å². The summed E-state index contributed by atoms with van der Waals surface area (Å²) in [5.41, 5.74) is 3.18. The van der Waals surface area contributed by atoms with Crippen molar-refractivity contribution in [1.29, 1.82) is 0 Å². The molecule has 3 rings (SSSR count). The molecule has 0 radical (unpaired) electrons. The molecule has 0 bridgehead atoms. The Labute approximate surface area is 175 Å². The zero-order valence-corrected chi connectivity index (χ0v) is 18.2. The van der Waals surface area contributed by atoms with Crippen molar-refractivity contribution in [2.45, 2.75) is 52.5 Å². The van der Waals surface area contributed by atoms with Gasteiger partial charge >= 0.3 is 0 Å². The van der Waals surface area contributed by atoms with Crippen LogP contribution in [-0.2, 0) is 9.59 Å². The van der Waals surface area contributed by atoms with Crippen LogP contribution in [0.25, 0.3) is 0 Å². The molecule has 2 fully saturated rings. The lowest BCUT2D eigenvalue weighted by molar-refractivity contribution is -0.124. The molecule has 0 aromatic heterocycles. The van der Waals surface area contributed by atoms with Crippen LogP contribution in [0.15, 0.2) is 18.2 Å². The van der Waals surface area contributed by atoms with Crippen molar-refractivity contribution in [3.63, 3.8) is 0 Å². The number of carbonyl (C=O) groups excluding carboxylic acids is 2. The fourth-order valence-electron chi connectivity index (χ4n) is 4.37. The van der Waals surface area contributed by atoms with Crippen LogP contribution in [0.4, 0.5) is 5.69 Å². The van der Waals surface area contributed by atoms with Gasteiger partial charge in [-0.15, -0.1) is 0 Å². The molecule has 2 aliphatic rings. The van der Waals surface area contributed by atoms with Crippen LogP contribution in [0.5, 0.6) is 0 Å². The summed E-state index contributed by atoms with van der Waals surface area (Å²) >= 11 is 0.